The summed E-state index contributed by atoms with van der Waals surface area (Å²) in [5, 5.41) is 15.6. The van der Waals surface area contributed by atoms with Gasteiger partial charge in [-0.15, -0.1) is 0 Å². The lowest BCUT2D eigenvalue weighted by atomic mass is 10.1. The summed E-state index contributed by atoms with van der Waals surface area (Å²) in [7, 11) is 0. The van der Waals surface area contributed by atoms with Gasteiger partial charge in [-0.2, -0.15) is 5.10 Å². The van der Waals surface area contributed by atoms with Gasteiger partial charge in [0.05, 0.1) is 24.0 Å². The third-order valence-corrected chi connectivity index (χ3v) is 3.27. The molecule has 0 amide bonds. The summed E-state index contributed by atoms with van der Waals surface area (Å²) in [6, 6.07) is 12.9. The second kappa shape index (κ2) is 6.74. The predicted octanol–water partition coefficient (Wildman–Crippen LogP) is 2.68. The number of hydrogen-bond acceptors (Lipinski definition) is 4. The van der Waals surface area contributed by atoms with Gasteiger partial charge in [-0.25, -0.2) is 0 Å². The first-order valence-corrected chi connectivity index (χ1v) is 7.09. The molecule has 0 saturated heterocycles. The van der Waals surface area contributed by atoms with E-state index in [4.69, 9.17) is 9.84 Å². The highest BCUT2D eigenvalue weighted by Crippen LogP contribution is 2.18. The average molecular weight is 309 g/mol. The Morgan fingerprint density at radius 2 is 2.04 bits per heavy atom. The van der Waals surface area contributed by atoms with E-state index in [9.17, 15) is 4.79 Å². The molecule has 0 aliphatic heterocycles. The van der Waals surface area contributed by atoms with E-state index >= 15 is 0 Å². The maximum Gasteiger partial charge on any atom is 0.307 e. The quantitative estimate of drug-likeness (QED) is 0.731. The Bertz CT molecular complexity index is 783. The van der Waals surface area contributed by atoms with E-state index in [-0.39, 0.29) is 6.42 Å². The van der Waals surface area contributed by atoms with E-state index in [1.807, 2.05) is 36.4 Å². The van der Waals surface area contributed by atoms with Gasteiger partial charge < -0.3 is 9.84 Å². The van der Waals surface area contributed by atoms with Crippen LogP contribution in [0.1, 0.15) is 11.1 Å². The third kappa shape index (κ3) is 3.94. The zero-order valence-electron chi connectivity index (χ0n) is 12.3. The van der Waals surface area contributed by atoms with Gasteiger partial charge in [0.15, 0.2) is 0 Å². The average Bonchev–Trinajstić information content (AvgIpc) is 3.08. The van der Waals surface area contributed by atoms with Gasteiger partial charge in [-0.05, 0) is 29.3 Å². The van der Waals surface area contributed by atoms with Crippen LogP contribution in [0.3, 0.4) is 0 Å². The van der Waals surface area contributed by atoms with Crippen LogP contribution in [0, 0.1) is 0 Å². The van der Waals surface area contributed by atoms with Crippen molar-refractivity contribution < 1.29 is 14.6 Å². The van der Waals surface area contributed by atoms with Crippen molar-refractivity contribution in [1.29, 1.82) is 0 Å². The SMILES string of the molecule is O=C(O)Cc1cccc(COc2ccc(-c3ccn[nH]3)nc2)c1. The molecule has 2 heterocycles. The molecule has 0 atom stereocenters. The molecule has 23 heavy (non-hydrogen) atoms. The zero-order valence-corrected chi connectivity index (χ0v) is 12.3. The summed E-state index contributed by atoms with van der Waals surface area (Å²) in [5.41, 5.74) is 3.31. The van der Waals surface area contributed by atoms with E-state index in [0.29, 0.717) is 12.4 Å². The second-order valence-corrected chi connectivity index (χ2v) is 5.03. The molecule has 0 aliphatic rings. The fourth-order valence-corrected chi connectivity index (χ4v) is 2.19. The number of nitrogens with zero attached hydrogens (tertiary/aromatic N) is 2. The maximum absolute atomic E-state index is 10.7. The summed E-state index contributed by atoms with van der Waals surface area (Å²) in [6.07, 6.45) is 3.33. The van der Waals surface area contributed by atoms with Gasteiger partial charge in [-0.1, -0.05) is 24.3 Å². The fourth-order valence-electron chi connectivity index (χ4n) is 2.19. The number of carboxylic acid groups (broad SMARTS) is 1. The zero-order chi connectivity index (χ0) is 16.1. The van der Waals surface area contributed by atoms with E-state index in [1.54, 1.807) is 18.5 Å². The lowest BCUT2D eigenvalue weighted by Gasteiger charge is -2.07. The first-order valence-electron chi connectivity index (χ1n) is 7.09. The largest absolute Gasteiger partial charge is 0.487 e. The number of carboxylic acids is 1. The minimum atomic E-state index is -0.846. The minimum Gasteiger partial charge on any atom is -0.487 e. The van der Waals surface area contributed by atoms with Crippen LogP contribution in [0.15, 0.2) is 54.9 Å². The Morgan fingerprint density at radius 3 is 2.74 bits per heavy atom. The van der Waals surface area contributed by atoms with Gasteiger partial charge in [0.1, 0.15) is 12.4 Å². The molecule has 0 fully saturated rings. The molecule has 1 aromatic carbocycles. The normalized spacial score (nSPS) is 10.4. The molecular formula is C17H15N3O3. The number of carbonyl (C=O) groups is 1. The van der Waals surface area contributed by atoms with Crippen molar-refractivity contribution in [3.05, 3.63) is 66.0 Å². The molecule has 0 bridgehead atoms. The molecule has 0 aliphatic carbocycles. The van der Waals surface area contributed by atoms with Crippen molar-refractivity contribution in [2.24, 2.45) is 0 Å². The molecule has 2 aromatic heterocycles. The highest BCUT2D eigenvalue weighted by Gasteiger charge is 2.04. The minimum absolute atomic E-state index is 0.00821. The van der Waals surface area contributed by atoms with Crippen LogP contribution in [-0.4, -0.2) is 26.3 Å². The van der Waals surface area contributed by atoms with Crippen molar-refractivity contribution in [1.82, 2.24) is 15.2 Å². The molecule has 116 valence electrons. The molecule has 3 aromatic rings. The van der Waals surface area contributed by atoms with Gasteiger partial charge in [0.25, 0.3) is 0 Å². The number of benzene rings is 1. The van der Waals surface area contributed by atoms with Crippen molar-refractivity contribution in [2.45, 2.75) is 13.0 Å². The Hall–Kier alpha value is -3.15. The topological polar surface area (TPSA) is 88.1 Å². The number of H-pyrrole nitrogens is 1. The van der Waals surface area contributed by atoms with E-state index in [1.165, 1.54) is 0 Å². The third-order valence-electron chi connectivity index (χ3n) is 3.27. The Labute approximate surface area is 132 Å². The number of rotatable bonds is 6. The second-order valence-electron chi connectivity index (χ2n) is 5.03. The van der Waals surface area contributed by atoms with E-state index < -0.39 is 5.97 Å². The summed E-state index contributed by atoms with van der Waals surface area (Å²) < 4.78 is 5.69. The summed E-state index contributed by atoms with van der Waals surface area (Å²) >= 11 is 0. The molecule has 0 radical (unpaired) electrons. The maximum atomic E-state index is 10.7. The Morgan fingerprint density at radius 1 is 1.17 bits per heavy atom. The summed E-state index contributed by atoms with van der Waals surface area (Å²) in [4.78, 5) is 15.1. The molecule has 0 spiro atoms. The number of pyridine rings is 1. The summed E-state index contributed by atoms with van der Waals surface area (Å²) in [5.74, 6) is -0.196. The van der Waals surface area contributed by atoms with Crippen LogP contribution < -0.4 is 4.74 Å². The van der Waals surface area contributed by atoms with Gasteiger partial charge in [0, 0.05) is 6.20 Å². The number of aromatic nitrogens is 3. The van der Waals surface area contributed by atoms with Crippen LogP contribution in [0.25, 0.3) is 11.4 Å². The first-order chi connectivity index (χ1) is 11.2. The monoisotopic (exact) mass is 309 g/mol. The van der Waals surface area contributed by atoms with Crippen molar-refractivity contribution in [2.75, 3.05) is 0 Å². The molecule has 0 unspecified atom stereocenters. The van der Waals surface area contributed by atoms with Crippen LogP contribution in [0.5, 0.6) is 5.75 Å². The van der Waals surface area contributed by atoms with Crippen LogP contribution in [0.2, 0.25) is 0 Å². The predicted molar refractivity (Wildman–Crippen MR) is 83.9 cm³/mol. The number of hydrogen-bond donors (Lipinski definition) is 2. The van der Waals surface area contributed by atoms with E-state index in [0.717, 1.165) is 22.5 Å². The smallest absolute Gasteiger partial charge is 0.307 e. The highest BCUT2D eigenvalue weighted by atomic mass is 16.5. The summed E-state index contributed by atoms with van der Waals surface area (Å²) in [6.45, 7) is 0.360. The molecule has 3 rings (SSSR count). The van der Waals surface area contributed by atoms with Crippen LogP contribution in [-0.2, 0) is 17.8 Å². The van der Waals surface area contributed by atoms with Gasteiger partial charge in [-0.3, -0.25) is 14.9 Å². The lowest BCUT2D eigenvalue weighted by Crippen LogP contribution is -2.02. The number of aliphatic carboxylic acids is 1. The number of aromatic amines is 1. The van der Waals surface area contributed by atoms with Crippen LogP contribution in [0.4, 0.5) is 0 Å². The fraction of sp³-hybridized carbons (Fsp3) is 0.118. The Balaban J connectivity index is 1.63. The van der Waals surface area contributed by atoms with Gasteiger partial charge in [0.2, 0.25) is 0 Å². The standard InChI is InChI=1S/C17H15N3O3/c21-17(22)9-12-2-1-3-13(8-12)11-23-14-4-5-15(18-10-14)16-6-7-19-20-16/h1-8,10H,9,11H2,(H,19,20)(H,21,22). The molecular weight excluding hydrogens is 294 g/mol. The number of nitrogens with one attached hydrogen (secondary N) is 1. The molecule has 6 heteroatoms. The van der Waals surface area contributed by atoms with Crippen molar-refractivity contribution >= 4 is 5.97 Å². The van der Waals surface area contributed by atoms with E-state index in [2.05, 4.69) is 15.2 Å². The van der Waals surface area contributed by atoms with Gasteiger partial charge >= 0.3 is 5.97 Å². The van der Waals surface area contributed by atoms with Crippen LogP contribution >= 0.6 is 0 Å². The van der Waals surface area contributed by atoms with Crippen molar-refractivity contribution in [3.8, 4) is 17.1 Å². The lowest BCUT2D eigenvalue weighted by molar-refractivity contribution is -0.136. The van der Waals surface area contributed by atoms with Crippen molar-refractivity contribution in [3.63, 3.8) is 0 Å². The Kier molecular flexibility index (Phi) is 4.33. The molecule has 2 N–H and O–H groups in total. The highest BCUT2D eigenvalue weighted by molar-refractivity contribution is 5.70. The number of ether oxygens (including phenoxy) is 1. The first kappa shape index (κ1) is 14.8. The molecule has 6 nitrogen and oxygen atoms in total. The molecule has 0 saturated carbocycles.